The molecule has 1 saturated heterocycles. The first-order valence-corrected chi connectivity index (χ1v) is 9.53. The maximum absolute atomic E-state index is 12.9. The highest BCUT2D eigenvalue weighted by molar-refractivity contribution is 6.30. The second-order valence-corrected chi connectivity index (χ2v) is 7.51. The largest absolute Gasteiger partial charge is 0.350 e. The van der Waals surface area contributed by atoms with E-state index in [1.54, 1.807) is 18.2 Å². The van der Waals surface area contributed by atoms with Gasteiger partial charge in [0, 0.05) is 11.6 Å². The lowest BCUT2D eigenvalue weighted by atomic mass is 9.84. The molecule has 2 N–H and O–H groups in total. The Bertz CT molecular complexity index is 699. The molecule has 1 aromatic carbocycles. The average molecular weight is 378 g/mol. The normalized spacial score (nSPS) is 19.8. The molecule has 1 saturated carbocycles. The van der Waals surface area contributed by atoms with E-state index in [0.29, 0.717) is 24.4 Å². The molecular weight excluding hydrogens is 354 g/mol. The van der Waals surface area contributed by atoms with Crippen molar-refractivity contribution in [1.82, 2.24) is 15.5 Å². The molecule has 26 heavy (non-hydrogen) atoms. The summed E-state index contributed by atoms with van der Waals surface area (Å²) in [5.74, 6) is -0.626. The highest BCUT2D eigenvalue weighted by Crippen LogP contribution is 2.31. The maximum atomic E-state index is 12.9. The highest BCUT2D eigenvalue weighted by atomic mass is 35.5. The third-order valence-corrected chi connectivity index (χ3v) is 5.37. The van der Waals surface area contributed by atoms with Gasteiger partial charge in [0.2, 0.25) is 5.91 Å². The Balaban J connectivity index is 1.59. The third-order valence-electron chi connectivity index (χ3n) is 5.13. The lowest BCUT2D eigenvalue weighted by molar-refractivity contribution is -0.135. The van der Waals surface area contributed by atoms with Gasteiger partial charge in [-0.05, 0) is 30.5 Å². The van der Waals surface area contributed by atoms with Crippen LogP contribution in [0.15, 0.2) is 24.3 Å². The molecule has 2 fully saturated rings. The predicted molar refractivity (Wildman–Crippen MR) is 98.6 cm³/mol. The molecule has 4 amide bonds. The minimum Gasteiger partial charge on any atom is -0.350 e. The fourth-order valence-electron chi connectivity index (χ4n) is 3.71. The van der Waals surface area contributed by atoms with Crippen LogP contribution in [0.1, 0.15) is 50.5 Å². The van der Waals surface area contributed by atoms with Crippen molar-refractivity contribution >= 4 is 29.4 Å². The number of benzene rings is 1. The molecule has 1 aliphatic carbocycles. The zero-order chi connectivity index (χ0) is 18.6. The van der Waals surface area contributed by atoms with Gasteiger partial charge in [-0.3, -0.25) is 14.5 Å². The quantitative estimate of drug-likeness (QED) is 0.792. The summed E-state index contributed by atoms with van der Waals surface area (Å²) in [4.78, 5) is 38.4. The molecule has 3 rings (SSSR count). The Hall–Kier alpha value is -2.08. The van der Waals surface area contributed by atoms with Crippen LogP contribution in [0.2, 0.25) is 5.02 Å². The molecule has 1 aromatic rings. The minimum atomic E-state index is -0.815. The first-order valence-electron chi connectivity index (χ1n) is 9.15. The molecule has 0 bridgehead atoms. The van der Waals surface area contributed by atoms with Crippen LogP contribution in [0, 0.1) is 0 Å². The topological polar surface area (TPSA) is 78.5 Å². The van der Waals surface area contributed by atoms with E-state index in [4.69, 9.17) is 11.6 Å². The van der Waals surface area contributed by atoms with E-state index < -0.39 is 11.6 Å². The molecule has 0 aromatic heterocycles. The van der Waals surface area contributed by atoms with E-state index in [-0.39, 0.29) is 18.4 Å². The van der Waals surface area contributed by atoms with Crippen LogP contribution >= 0.6 is 11.6 Å². The van der Waals surface area contributed by atoms with Gasteiger partial charge in [0.25, 0.3) is 5.91 Å². The van der Waals surface area contributed by atoms with Gasteiger partial charge >= 0.3 is 6.03 Å². The highest BCUT2D eigenvalue weighted by Gasteiger charge is 2.50. The van der Waals surface area contributed by atoms with Gasteiger partial charge in [0.15, 0.2) is 0 Å². The van der Waals surface area contributed by atoms with Crippen molar-refractivity contribution in [2.75, 3.05) is 6.54 Å². The number of carbonyl (C=O) groups excluding carboxylic acids is 3. The van der Waals surface area contributed by atoms with Gasteiger partial charge in [-0.1, -0.05) is 55.8 Å². The monoisotopic (exact) mass is 377 g/mol. The number of carbonyl (C=O) groups is 3. The Labute approximate surface area is 158 Å². The summed E-state index contributed by atoms with van der Waals surface area (Å²) in [6.45, 7) is 0.0428. The van der Waals surface area contributed by atoms with Gasteiger partial charge in [0.1, 0.15) is 12.1 Å². The second-order valence-electron chi connectivity index (χ2n) is 7.08. The first-order chi connectivity index (χ1) is 12.5. The van der Waals surface area contributed by atoms with E-state index >= 15 is 0 Å². The summed E-state index contributed by atoms with van der Waals surface area (Å²) in [6, 6.07) is 6.71. The molecule has 1 spiro atoms. The van der Waals surface area contributed by atoms with E-state index in [1.807, 2.05) is 6.07 Å². The second kappa shape index (κ2) is 8.08. The van der Waals surface area contributed by atoms with Gasteiger partial charge in [0.05, 0.1) is 0 Å². The zero-order valence-electron chi connectivity index (χ0n) is 14.7. The minimum absolute atomic E-state index is 0.257. The lowest BCUT2D eigenvalue weighted by Gasteiger charge is -2.28. The van der Waals surface area contributed by atoms with Gasteiger partial charge in [-0.25, -0.2) is 4.79 Å². The number of hydrogen-bond acceptors (Lipinski definition) is 3. The van der Waals surface area contributed by atoms with Crippen LogP contribution in [0.25, 0.3) is 0 Å². The number of rotatable bonds is 4. The summed E-state index contributed by atoms with van der Waals surface area (Å²) < 4.78 is 0. The fourth-order valence-corrected chi connectivity index (χ4v) is 3.93. The van der Waals surface area contributed by atoms with E-state index in [9.17, 15) is 14.4 Å². The number of amides is 4. The summed E-state index contributed by atoms with van der Waals surface area (Å²) in [5, 5.41) is 6.19. The molecule has 1 aliphatic heterocycles. The molecule has 1 heterocycles. The smallest absolute Gasteiger partial charge is 0.325 e. The molecule has 6 nitrogen and oxygen atoms in total. The van der Waals surface area contributed by atoms with Crippen LogP contribution in [-0.2, 0) is 16.1 Å². The third kappa shape index (κ3) is 4.18. The van der Waals surface area contributed by atoms with Gasteiger partial charge in [-0.15, -0.1) is 0 Å². The standard InChI is InChI=1S/C19H24ClN3O3/c20-15-8-6-7-14(11-15)12-21-16(24)13-23-17(25)19(22-18(23)26)9-4-2-1-3-5-10-19/h6-8,11H,1-5,9-10,12-13H2,(H,21,24)(H,22,26). The number of nitrogens with one attached hydrogen (secondary N) is 2. The van der Waals surface area contributed by atoms with Gasteiger partial charge in [-0.2, -0.15) is 0 Å². The molecule has 0 radical (unpaired) electrons. The number of halogens is 1. The first kappa shape index (κ1) is 18.7. The summed E-state index contributed by atoms with van der Waals surface area (Å²) in [7, 11) is 0. The van der Waals surface area contributed by atoms with Crippen LogP contribution in [0.4, 0.5) is 4.79 Å². The van der Waals surface area contributed by atoms with Crippen molar-refractivity contribution in [1.29, 1.82) is 0 Å². The SMILES string of the molecule is O=C(CN1C(=O)NC2(CCCCCCC2)C1=O)NCc1cccc(Cl)c1. The van der Waals surface area contributed by atoms with E-state index in [2.05, 4.69) is 10.6 Å². The molecule has 2 aliphatic rings. The summed E-state index contributed by atoms with van der Waals surface area (Å²) in [6.07, 6.45) is 6.46. The van der Waals surface area contributed by atoms with E-state index in [1.165, 1.54) is 6.42 Å². The van der Waals surface area contributed by atoms with Crippen LogP contribution in [0.5, 0.6) is 0 Å². The number of imide groups is 1. The van der Waals surface area contributed by atoms with Crippen molar-refractivity contribution in [3.63, 3.8) is 0 Å². The van der Waals surface area contributed by atoms with Crippen molar-refractivity contribution in [3.8, 4) is 0 Å². The number of urea groups is 1. The Morgan fingerprint density at radius 1 is 1.15 bits per heavy atom. The van der Waals surface area contributed by atoms with Crippen molar-refractivity contribution < 1.29 is 14.4 Å². The number of hydrogen-bond donors (Lipinski definition) is 2. The molecular formula is C19H24ClN3O3. The van der Waals surface area contributed by atoms with Crippen LogP contribution in [0.3, 0.4) is 0 Å². The predicted octanol–water partition coefficient (Wildman–Crippen LogP) is 2.99. The average Bonchev–Trinajstić information content (AvgIpc) is 2.82. The Morgan fingerprint density at radius 2 is 1.85 bits per heavy atom. The molecule has 0 unspecified atom stereocenters. The van der Waals surface area contributed by atoms with Crippen molar-refractivity contribution in [3.05, 3.63) is 34.9 Å². The fraction of sp³-hybridized carbons (Fsp3) is 0.526. The van der Waals surface area contributed by atoms with E-state index in [0.717, 1.165) is 36.1 Å². The van der Waals surface area contributed by atoms with Crippen molar-refractivity contribution in [2.24, 2.45) is 0 Å². The summed E-state index contributed by atoms with van der Waals surface area (Å²) >= 11 is 5.92. The Morgan fingerprint density at radius 3 is 2.54 bits per heavy atom. The van der Waals surface area contributed by atoms with Crippen LogP contribution < -0.4 is 10.6 Å². The van der Waals surface area contributed by atoms with Crippen molar-refractivity contribution in [2.45, 2.75) is 57.0 Å². The van der Waals surface area contributed by atoms with Crippen LogP contribution in [-0.4, -0.2) is 34.8 Å². The maximum Gasteiger partial charge on any atom is 0.325 e. The molecule has 140 valence electrons. The lowest BCUT2D eigenvalue weighted by Crippen LogP contribution is -2.48. The zero-order valence-corrected chi connectivity index (χ0v) is 15.5. The summed E-state index contributed by atoms with van der Waals surface area (Å²) in [5.41, 5.74) is 0.0459. The molecule has 0 atom stereocenters. The Kier molecular flexibility index (Phi) is 5.81. The molecule has 7 heteroatoms. The van der Waals surface area contributed by atoms with Gasteiger partial charge < -0.3 is 10.6 Å². The number of nitrogens with zero attached hydrogens (tertiary/aromatic N) is 1.